The highest BCUT2D eigenvalue weighted by Crippen LogP contribution is 2.44. The van der Waals surface area contributed by atoms with Crippen molar-refractivity contribution in [2.45, 2.75) is 31.4 Å². The van der Waals surface area contributed by atoms with Crippen LogP contribution in [0.4, 0.5) is 0 Å². The molecule has 1 aromatic carbocycles. The average molecular weight is 393 g/mol. The molecule has 1 saturated heterocycles. The number of benzene rings is 1. The Hall–Kier alpha value is -1.25. The minimum atomic E-state index is -3.47. The van der Waals surface area contributed by atoms with Crippen molar-refractivity contribution in [3.63, 3.8) is 0 Å². The number of fused-ring (bicyclic) bond motifs is 2. The van der Waals surface area contributed by atoms with Crippen LogP contribution in [0.3, 0.4) is 0 Å². The van der Waals surface area contributed by atoms with Crippen LogP contribution in [-0.2, 0) is 33.5 Å². The fourth-order valence-corrected chi connectivity index (χ4v) is 6.44. The maximum Gasteiger partial charge on any atom is 0.282 e. The summed E-state index contributed by atoms with van der Waals surface area (Å²) in [7, 11) is -1.81. The Bertz CT molecular complexity index is 856. The molecule has 3 heterocycles. The lowest BCUT2D eigenvalue weighted by Crippen LogP contribution is -2.51. The molecule has 26 heavy (non-hydrogen) atoms. The van der Waals surface area contributed by atoms with E-state index < -0.39 is 10.2 Å². The first-order chi connectivity index (χ1) is 12.5. The molecule has 0 unspecified atom stereocenters. The van der Waals surface area contributed by atoms with Crippen LogP contribution in [0.5, 0.6) is 0 Å². The molecule has 0 amide bonds. The summed E-state index contributed by atoms with van der Waals surface area (Å²) in [6, 6.07) is 11.9. The molecule has 1 fully saturated rings. The third-order valence-corrected chi connectivity index (χ3v) is 8.49. The topological polar surface area (TPSA) is 49.9 Å². The molecule has 0 atom stereocenters. The first-order valence-electron chi connectivity index (χ1n) is 8.97. The highest BCUT2D eigenvalue weighted by molar-refractivity contribution is 7.86. The number of nitrogens with zero attached hydrogens (tertiary/aromatic N) is 2. The molecule has 0 saturated carbocycles. The first kappa shape index (κ1) is 18.1. The summed E-state index contributed by atoms with van der Waals surface area (Å²) in [5, 5.41) is 2.12. The number of rotatable bonds is 4. The van der Waals surface area contributed by atoms with Crippen LogP contribution in [0, 0.1) is 0 Å². The lowest BCUT2D eigenvalue weighted by atomic mass is 9.86. The molecular formula is C19H24N2O3S2. The zero-order valence-electron chi connectivity index (χ0n) is 14.9. The molecule has 2 aliphatic heterocycles. The summed E-state index contributed by atoms with van der Waals surface area (Å²) in [5.41, 5.74) is 2.08. The van der Waals surface area contributed by atoms with Gasteiger partial charge in [0.1, 0.15) is 5.60 Å². The van der Waals surface area contributed by atoms with Crippen molar-refractivity contribution in [2.24, 2.45) is 0 Å². The molecule has 4 rings (SSSR count). The molecule has 5 nitrogen and oxygen atoms in total. The standard InChI is InChI=1S/C19H24N2O3S2/c1-20(15-16-5-3-2-4-6-16)26(22,23)21-11-9-19(10-12-21)18-17(7-13-24-19)8-14-25-18/h2-6,8,14H,7,9-13,15H2,1H3. The second-order valence-electron chi connectivity index (χ2n) is 7.02. The summed E-state index contributed by atoms with van der Waals surface area (Å²) < 4.78 is 35.2. The minimum Gasteiger partial charge on any atom is -0.369 e. The van der Waals surface area contributed by atoms with Crippen LogP contribution in [-0.4, -0.2) is 43.8 Å². The van der Waals surface area contributed by atoms with E-state index in [1.54, 1.807) is 22.7 Å². The van der Waals surface area contributed by atoms with Crippen LogP contribution in [0.2, 0.25) is 0 Å². The van der Waals surface area contributed by atoms with Gasteiger partial charge in [-0.2, -0.15) is 17.0 Å². The molecule has 1 spiro atoms. The highest BCUT2D eigenvalue weighted by Gasteiger charge is 2.44. The second kappa shape index (κ2) is 7.05. The van der Waals surface area contributed by atoms with Gasteiger partial charge in [0.05, 0.1) is 6.61 Å². The maximum absolute atomic E-state index is 13.0. The molecule has 0 radical (unpaired) electrons. The number of hydrogen-bond acceptors (Lipinski definition) is 4. The number of hydrogen-bond donors (Lipinski definition) is 0. The summed E-state index contributed by atoms with van der Waals surface area (Å²) in [4.78, 5) is 1.30. The van der Waals surface area contributed by atoms with Gasteiger partial charge in [0, 0.05) is 31.6 Å². The number of piperidine rings is 1. The van der Waals surface area contributed by atoms with Gasteiger partial charge in [-0.1, -0.05) is 30.3 Å². The predicted molar refractivity (Wildman–Crippen MR) is 103 cm³/mol. The fraction of sp³-hybridized carbons (Fsp3) is 0.474. The molecule has 1 aromatic heterocycles. The fourth-order valence-electron chi connectivity index (χ4n) is 3.92. The molecule has 0 N–H and O–H groups in total. The van der Waals surface area contributed by atoms with E-state index in [0.29, 0.717) is 19.6 Å². The van der Waals surface area contributed by atoms with Crippen molar-refractivity contribution in [3.05, 3.63) is 57.8 Å². The van der Waals surface area contributed by atoms with E-state index in [0.717, 1.165) is 31.4 Å². The van der Waals surface area contributed by atoms with Gasteiger partial charge in [-0.3, -0.25) is 0 Å². The summed E-state index contributed by atoms with van der Waals surface area (Å²) in [6.45, 7) is 2.11. The van der Waals surface area contributed by atoms with E-state index in [2.05, 4.69) is 11.4 Å². The van der Waals surface area contributed by atoms with Gasteiger partial charge in [0.25, 0.3) is 10.2 Å². The Balaban J connectivity index is 1.46. The van der Waals surface area contributed by atoms with Crippen molar-refractivity contribution in [1.29, 1.82) is 0 Å². The van der Waals surface area contributed by atoms with Gasteiger partial charge in [-0.05, 0) is 41.8 Å². The van der Waals surface area contributed by atoms with Gasteiger partial charge in [-0.25, -0.2) is 0 Å². The number of ether oxygens (including phenoxy) is 1. The van der Waals surface area contributed by atoms with Crippen molar-refractivity contribution < 1.29 is 13.2 Å². The smallest absolute Gasteiger partial charge is 0.282 e. The Labute approximate surface area is 159 Å². The zero-order chi connectivity index (χ0) is 18.2. The van der Waals surface area contributed by atoms with Crippen LogP contribution in [0.15, 0.2) is 41.8 Å². The molecular weight excluding hydrogens is 368 g/mol. The van der Waals surface area contributed by atoms with Crippen LogP contribution in [0.1, 0.15) is 28.8 Å². The van der Waals surface area contributed by atoms with Crippen LogP contribution < -0.4 is 0 Å². The molecule has 2 aromatic rings. The minimum absolute atomic E-state index is 0.286. The summed E-state index contributed by atoms with van der Waals surface area (Å²) in [5.74, 6) is 0. The summed E-state index contributed by atoms with van der Waals surface area (Å²) >= 11 is 1.74. The van der Waals surface area contributed by atoms with Crippen molar-refractivity contribution in [3.8, 4) is 0 Å². The normalized spacial score (nSPS) is 20.4. The predicted octanol–water partition coefficient (Wildman–Crippen LogP) is 2.99. The number of thiophene rings is 1. The Morgan fingerprint density at radius 1 is 1.19 bits per heavy atom. The first-order valence-corrected chi connectivity index (χ1v) is 11.3. The second-order valence-corrected chi connectivity index (χ2v) is 9.97. The van der Waals surface area contributed by atoms with E-state index >= 15 is 0 Å². The van der Waals surface area contributed by atoms with Crippen molar-refractivity contribution in [1.82, 2.24) is 8.61 Å². The molecule has 2 aliphatic rings. The molecule has 7 heteroatoms. The van der Waals surface area contributed by atoms with E-state index in [4.69, 9.17) is 4.74 Å². The van der Waals surface area contributed by atoms with Gasteiger partial charge >= 0.3 is 0 Å². The van der Waals surface area contributed by atoms with Crippen LogP contribution in [0.25, 0.3) is 0 Å². The van der Waals surface area contributed by atoms with E-state index in [1.165, 1.54) is 14.7 Å². The van der Waals surface area contributed by atoms with Crippen molar-refractivity contribution in [2.75, 3.05) is 26.7 Å². The molecule has 0 aliphatic carbocycles. The highest BCUT2D eigenvalue weighted by atomic mass is 32.2. The van der Waals surface area contributed by atoms with E-state index in [-0.39, 0.29) is 5.60 Å². The third-order valence-electron chi connectivity index (χ3n) is 5.41. The van der Waals surface area contributed by atoms with Gasteiger partial charge in [0.2, 0.25) is 0 Å². The zero-order valence-corrected chi connectivity index (χ0v) is 16.6. The average Bonchev–Trinajstić information content (AvgIpc) is 3.13. The SMILES string of the molecule is CN(Cc1ccccc1)S(=O)(=O)N1CCC2(CC1)OCCc1ccsc12. The monoisotopic (exact) mass is 392 g/mol. The largest absolute Gasteiger partial charge is 0.369 e. The van der Waals surface area contributed by atoms with Gasteiger partial charge in [0.15, 0.2) is 0 Å². The quantitative estimate of drug-likeness (QED) is 0.804. The Kier molecular flexibility index (Phi) is 4.92. The molecule has 140 valence electrons. The van der Waals surface area contributed by atoms with Gasteiger partial charge < -0.3 is 4.74 Å². The van der Waals surface area contributed by atoms with Crippen molar-refractivity contribution >= 4 is 21.5 Å². The lowest BCUT2D eigenvalue weighted by molar-refractivity contribution is -0.0865. The van der Waals surface area contributed by atoms with E-state index in [1.807, 2.05) is 30.3 Å². The third kappa shape index (κ3) is 3.23. The summed E-state index contributed by atoms with van der Waals surface area (Å²) in [6.07, 6.45) is 2.40. The maximum atomic E-state index is 13.0. The lowest BCUT2D eigenvalue weighted by Gasteiger charge is -2.43. The molecule has 0 bridgehead atoms. The van der Waals surface area contributed by atoms with Gasteiger partial charge in [-0.15, -0.1) is 11.3 Å². The Morgan fingerprint density at radius 3 is 2.65 bits per heavy atom. The van der Waals surface area contributed by atoms with Crippen LogP contribution >= 0.6 is 11.3 Å². The Morgan fingerprint density at radius 2 is 1.92 bits per heavy atom. The van der Waals surface area contributed by atoms with E-state index in [9.17, 15) is 8.42 Å².